The Morgan fingerprint density at radius 3 is 2.67 bits per heavy atom. The first-order valence-corrected chi connectivity index (χ1v) is 4.77. The molecule has 4 heteroatoms. The lowest BCUT2D eigenvalue weighted by Crippen LogP contribution is -2.25. The smallest absolute Gasteiger partial charge is 0.165 e. The van der Waals surface area contributed by atoms with Crippen LogP contribution in [0.5, 0.6) is 5.75 Å². The van der Waals surface area contributed by atoms with Crippen molar-refractivity contribution < 1.29 is 14.2 Å². The Morgan fingerprint density at radius 2 is 2.20 bits per heavy atom. The number of methoxy groups -OCH3 is 1. The van der Waals surface area contributed by atoms with Crippen LogP contribution in [0, 0.1) is 5.82 Å². The monoisotopic (exact) mass is 213 g/mol. The Morgan fingerprint density at radius 1 is 1.53 bits per heavy atom. The highest BCUT2D eigenvalue weighted by Crippen LogP contribution is 2.27. The van der Waals surface area contributed by atoms with Gasteiger partial charge >= 0.3 is 0 Å². The zero-order valence-electron chi connectivity index (χ0n) is 8.96. The quantitative estimate of drug-likeness (QED) is 0.794. The van der Waals surface area contributed by atoms with Gasteiger partial charge < -0.3 is 15.6 Å². The molecule has 0 aliphatic heterocycles. The lowest BCUT2D eigenvalue weighted by atomic mass is 9.92. The van der Waals surface area contributed by atoms with E-state index in [0.29, 0.717) is 18.5 Å². The molecule has 0 radical (unpaired) electrons. The zero-order valence-corrected chi connectivity index (χ0v) is 8.96. The minimum atomic E-state index is -1.10. The van der Waals surface area contributed by atoms with E-state index in [-0.39, 0.29) is 5.75 Å². The van der Waals surface area contributed by atoms with Gasteiger partial charge in [-0.15, -0.1) is 0 Å². The number of aliphatic hydroxyl groups is 1. The van der Waals surface area contributed by atoms with E-state index in [2.05, 4.69) is 0 Å². The Hall–Kier alpha value is -1.13. The predicted octanol–water partition coefficient (Wildman–Crippen LogP) is 1.39. The van der Waals surface area contributed by atoms with E-state index in [1.165, 1.54) is 19.2 Å². The molecule has 0 saturated heterocycles. The molecule has 0 spiro atoms. The highest BCUT2D eigenvalue weighted by molar-refractivity contribution is 5.32. The number of benzene rings is 1. The Labute approximate surface area is 88.7 Å². The summed E-state index contributed by atoms with van der Waals surface area (Å²) in [7, 11) is 1.40. The SMILES string of the molecule is COc1ccc(C(C)(O)CCN)cc1F. The maximum absolute atomic E-state index is 13.4. The van der Waals surface area contributed by atoms with E-state index in [4.69, 9.17) is 10.5 Å². The predicted molar refractivity (Wildman–Crippen MR) is 56.2 cm³/mol. The Kier molecular flexibility index (Phi) is 3.66. The number of hydrogen-bond donors (Lipinski definition) is 2. The molecule has 0 aromatic heterocycles. The van der Waals surface area contributed by atoms with Gasteiger partial charge in [-0.25, -0.2) is 4.39 Å². The molecule has 3 N–H and O–H groups in total. The largest absolute Gasteiger partial charge is 0.494 e. The van der Waals surface area contributed by atoms with E-state index < -0.39 is 11.4 Å². The first kappa shape index (κ1) is 11.9. The molecule has 1 aromatic carbocycles. The van der Waals surface area contributed by atoms with Crippen molar-refractivity contribution in [3.63, 3.8) is 0 Å². The van der Waals surface area contributed by atoms with Crippen molar-refractivity contribution in [2.45, 2.75) is 18.9 Å². The number of hydrogen-bond acceptors (Lipinski definition) is 3. The minimum Gasteiger partial charge on any atom is -0.494 e. The van der Waals surface area contributed by atoms with Gasteiger partial charge in [0, 0.05) is 0 Å². The lowest BCUT2D eigenvalue weighted by Gasteiger charge is -2.23. The highest BCUT2D eigenvalue weighted by atomic mass is 19.1. The van der Waals surface area contributed by atoms with Gasteiger partial charge in [-0.05, 0) is 37.6 Å². The topological polar surface area (TPSA) is 55.5 Å². The van der Waals surface area contributed by atoms with Crippen molar-refractivity contribution in [2.75, 3.05) is 13.7 Å². The first-order chi connectivity index (χ1) is 7.01. The summed E-state index contributed by atoms with van der Waals surface area (Å²) in [5.74, 6) is -0.311. The van der Waals surface area contributed by atoms with Crippen LogP contribution in [-0.4, -0.2) is 18.8 Å². The van der Waals surface area contributed by atoms with Crippen molar-refractivity contribution in [1.82, 2.24) is 0 Å². The summed E-state index contributed by atoms with van der Waals surface area (Å²) in [5.41, 5.74) is 4.78. The average Bonchev–Trinajstić information content (AvgIpc) is 2.17. The molecule has 0 heterocycles. The minimum absolute atomic E-state index is 0.169. The van der Waals surface area contributed by atoms with Gasteiger partial charge in [-0.1, -0.05) is 6.07 Å². The fourth-order valence-electron chi connectivity index (χ4n) is 1.43. The van der Waals surface area contributed by atoms with Gasteiger partial charge in [-0.3, -0.25) is 0 Å². The van der Waals surface area contributed by atoms with Crippen molar-refractivity contribution in [3.8, 4) is 5.75 Å². The van der Waals surface area contributed by atoms with E-state index in [9.17, 15) is 9.50 Å². The van der Waals surface area contributed by atoms with Crippen molar-refractivity contribution >= 4 is 0 Å². The van der Waals surface area contributed by atoms with Crippen LogP contribution in [0.4, 0.5) is 4.39 Å². The molecule has 15 heavy (non-hydrogen) atoms. The van der Waals surface area contributed by atoms with Crippen LogP contribution >= 0.6 is 0 Å². The second kappa shape index (κ2) is 4.59. The molecule has 1 atom stereocenters. The molecule has 0 aliphatic rings. The van der Waals surface area contributed by atoms with Gasteiger partial charge in [0.2, 0.25) is 0 Å². The molecule has 0 fully saturated rings. The van der Waals surface area contributed by atoms with Crippen LogP contribution in [0.15, 0.2) is 18.2 Å². The summed E-state index contributed by atoms with van der Waals surface area (Å²) in [4.78, 5) is 0. The lowest BCUT2D eigenvalue weighted by molar-refractivity contribution is 0.0500. The maximum Gasteiger partial charge on any atom is 0.165 e. The molecule has 1 unspecified atom stereocenters. The molecule has 0 amide bonds. The average molecular weight is 213 g/mol. The fourth-order valence-corrected chi connectivity index (χ4v) is 1.43. The number of halogens is 1. The molecule has 3 nitrogen and oxygen atoms in total. The summed E-state index contributed by atoms with van der Waals surface area (Å²) in [6, 6.07) is 4.40. The summed E-state index contributed by atoms with van der Waals surface area (Å²) in [5, 5.41) is 9.99. The van der Waals surface area contributed by atoms with Gasteiger partial charge in [0.15, 0.2) is 11.6 Å². The number of nitrogens with two attached hydrogens (primary N) is 1. The molecule has 1 aromatic rings. The van der Waals surface area contributed by atoms with Gasteiger partial charge in [0.25, 0.3) is 0 Å². The van der Waals surface area contributed by atoms with Crippen molar-refractivity contribution in [3.05, 3.63) is 29.6 Å². The van der Waals surface area contributed by atoms with Gasteiger partial charge in [0.05, 0.1) is 12.7 Å². The maximum atomic E-state index is 13.4. The molecule has 1 rings (SSSR count). The normalized spacial score (nSPS) is 14.7. The number of rotatable bonds is 4. The van der Waals surface area contributed by atoms with Crippen LogP contribution in [0.2, 0.25) is 0 Å². The van der Waals surface area contributed by atoms with Crippen LogP contribution < -0.4 is 10.5 Å². The van der Waals surface area contributed by atoms with Crippen LogP contribution in [0.25, 0.3) is 0 Å². The van der Waals surface area contributed by atoms with Crippen molar-refractivity contribution in [2.24, 2.45) is 5.73 Å². The second-order valence-corrected chi connectivity index (χ2v) is 3.66. The van der Waals surface area contributed by atoms with Crippen LogP contribution in [-0.2, 0) is 5.60 Å². The van der Waals surface area contributed by atoms with Gasteiger partial charge in [0.1, 0.15) is 0 Å². The third-order valence-corrected chi connectivity index (χ3v) is 2.40. The van der Waals surface area contributed by atoms with E-state index in [0.717, 1.165) is 0 Å². The molecule has 0 aliphatic carbocycles. The van der Waals surface area contributed by atoms with Gasteiger partial charge in [-0.2, -0.15) is 0 Å². The van der Waals surface area contributed by atoms with Crippen molar-refractivity contribution in [1.29, 1.82) is 0 Å². The van der Waals surface area contributed by atoms with E-state index in [1.807, 2.05) is 0 Å². The molecule has 0 saturated carbocycles. The molecular formula is C11H16FNO2. The molecule has 84 valence electrons. The third kappa shape index (κ3) is 2.67. The van der Waals surface area contributed by atoms with Crippen LogP contribution in [0.1, 0.15) is 18.9 Å². The summed E-state index contributed by atoms with van der Waals surface area (Å²) in [6.07, 6.45) is 0.388. The van der Waals surface area contributed by atoms with E-state index in [1.54, 1.807) is 13.0 Å². The molecular weight excluding hydrogens is 197 g/mol. The zero-order chi connectivity index (χ0) is 11.5. The van der Waals surface area contributed by atoms with E-state index >= 15 is 0 Å². The standard InChI is InChI=1S/C11H16FNO2/c1-11(14,5-6-13)8-3-4-10(15-2)9(12)7-8/h3-4,7,14H,5-6,13H2,1-2H3. The Bertz CT molecular complexity index is 339. The summed E-state index contributed by atoms with van der Waals surface area (Å²) in [6.45, 7) is 1.96. The Balaban J connectivity index is 3.01. The fraction of sp³-hybridized carbons (Fsp3) is 0.455. The second-order valence-electron chi connectivity index (χ2n) is 3.66. The summed E-state index contributed by atoms with van der Waals surface area (Å²) < 4.78 is 18.1. The third-order valence-electron chi connectivity index (χ3n) is 2.40. The number of ether oxygens (including phenoxy) is 1. The summed E-state index contributed by atoms with van der Waals surface area (Å²) >= 11 is 0. The molecule has 0 bridgehead atoms. The highest BCUT2D eigenvalue weighted by Gasteiger charge is 2.23. The van der Waals surface area contributed by atoms with Crippen LogP contribution in [0.3, 0.4) is 0 Å². The first-order valence-electron chi connectivity index (χ1n) is 4.77.